The molecule has 1 aromatic rings. The third-order valence-electron chi connectivity index (χ3n) is 4.99. The summed E-state index contributed by atoms with van der Waals surface area (Å²) in [5.74, 6) is 0.182. The van der Waals surface area contributed by atoms with E-state index in [0.717, 1.165) is 31.4 Å². The van der Waals surface area contributed by atoms with Gasteiger partial charge in [0.2, 0.25) is 5.91 Å². The number of nitrogens with two attached hydrogens (primary N) is 1. The van der Waals surface area contributed by atoms with Gasteiger partial charge in [0.15, 0.2) is 0 Å². The van der Waals surface area contributed by atoms with Crippen molar-refractivity contribution in [1.29, 1.82) is 0 Å². The Bertz CT molecular complexity index is 706. The molecular weight excluding hydrogens is 359 g/mol. The number of nitrogens with zero attached hydrogens (tertiary/aromatic N) is 1. The van der Waals surface area contributed by atoms with Crippen molar-refractivity contribution >= 4 is 23.5 Å². The molecule has 3 saturated carbocycles. The minimum atomic E-state index is -4.49. The summed E-state index contributed by atoms with van der Waals surface area (Å²) >= 11 is 6.05. The van der Waals surface area contributed by atoms with Crippen molar-refractivity contribution in [2.45, 2.75) is 37.5 Å². The van der Waals surface area contributed by atoms with Crippen molar-refractivity contribution in [2.24, 2.45) is 11.7 Å². The molecule has 3 fully saturated rings. The summed E-state index contributed by atoms with van der Waals surface area (Å²) in [6, 6.07) is 2.23. The van der Waals surface area contributed by atoms with E-state index in [4.69, 9.17) is 17.3 Å². The highest BCUT2D eigenvalue weighted by atomic mass is 35.5. The van der Waals surface area contributed by atoms with Gasteiger partial charge in [0.05, 0.1) is 12.1 Å². The van der Waals surface area contributed by atoms with E-state index in [0.29, 0.717) is 5.92 Å². The highest BCUT2D eigenvalue weighted by Crippen LogP contribution is 2.61. The second-order valence-electron chi connectivity index (χ2n) is 6.70. The molecule has 4 rings (SSSR count). The molecule has 0 spiro atoms. The minimum Gasteiger partial charge on any atom is -0.352 e. The molecule has 0 atom stereocenters. The van der Waals surface area contributed by atoms with E-state index >= 15 is 0 Å². The maximum Gasteiger partial charge on any atom is 0.416 e. The molecule has 0 aromatic heterocycles. The summed E-state index contributed by atoms with van der Waals surface area (Å²) < 4.78 is 38.8. The molecule has 0 unspecified atom stereocenters. The zero-order valence-electron chi connectivity index (χ0n) is 13.2. The second kappa shape index (κ2) is 6.09. The first kappa shape index (κ1) is 17.8. The van der Waals surface area contributed by atoms with Gasteiger partial charge >= 0.3 is 12.2 Å². The van der Waals surface area contributed by atoms with Crippen molar-refractivity contribution in [3.05, 3.63) is 34.3 Å². The lowest BCUT2D eigenvalue weighted by molar-refractivity contribution is -0.173. The van der Waals surface area contributed by atoms with E-state index in [1.165, 1.54) is 11.0 Å². The fraction of sp³-hybridized carbons (Fsp3) is 0.500. The van der Waals surface area contributed by atoms with E-state index in [1.807, 2.05) is 0 Å². The number of carbonyl (C=O) groups is 2. The zero-order valence-corrected chi connectivity index (χ0v) is 14.0. The highest BCUT2D eigenvalue weighted by Gasteiger charge is 2.61. The molecule has 3 aliphatic rings. The maximum absolute atomic E-state index is 12.9. The Morgan fingerprint density at radius 2 is 1.96 bits per heavy atom. The second-order valence-corrected chi connectivity index (χ2v) is 7.11. The van der Waals surface area contributed by atoms with Crippen LogP contribution in [-0.4, -0.2) is 28.9 Å². The first-order valence-corrected chi connectivity index (χ1v) is 8.18. The molecule has 1 aromatic carbocycles. The van der Waals surface area contributed by atoms with Crippen molar-refractivity contribution < 1.29 is 22.8 Å². The first-order chi connectivity index (χ1) is 11.6. The number of rotatable bonds is 5. The fourth-order valence-corrected chi connectivity index (χ4v) is 3.76. The van der Waals surface area contributed by atoms with Gasteiger partial charge in [0.1, 0.15) is 0 Å². The Hall–Kier alpha value is -1.96. The summed E-state index contributed by atoms with van der Waals surface area (Å²) in [6.07, 6.45) is -2.01. The van der Waals surface area contributed by atoms with E-state index < -0.39 is 17.8 Å². The molecule has 0 radical (unpaired) electrons. The molecule has 5 nitrogen and oxygen atoms in total. The lowest BCUT2D eigenvalue weighted by atomic mass is 9.49. The summed E-state index contributed by atoms with van der Waals surface area (Å²) in [5, 5.41) is 2.40. The topological polar surface area (TPSA) is 75.4 Å². The Kier molecular flexibility index (Phi) is 4.35. The standard InChI is InChI=1S/C16H17ClF3N3O2/c17-12-2-1-11(16(18,19)20)3-10(12)8-23(13(24)7-22-14(21)25)15-4-9(5-15)6-15/h1-3,9H,4-8H2,(H3,21,22,25). The summed E-state index contributed by atoms with van der Waals surface area (Å²) in [7, 11) is 0. The van der Waals surface area contributed by atoms with Crippen LogP contribution in [0.3, 0.4) is 0 Å². The number of halogens is 4. The quantitative estimate of drug-likeness (QED) is 0.830. The Balaban J connectivity index is 1.83. The highest BCUT2D eigenvalue weighted by molar-refractivity contribution is 6.31. The molecule has 0 saturated heterocycles. The van der Waals surface area contributed by atoms with Gasteiger partial charge < -0.3 is 16.0 Å². The average Bonchev–Trinajstić information content (AvgIpc) is 2.41. The number of amides is 3. The number of urea groups is 1. The predicted octanol–water partition coefficient (Wildman–Crippen LogP) is 2.91. The van der Waals surface area contributed by atoms with Crippen molar-refractivity contribution in [3.63, 3.8) is 0 Å². The Morgan fingerprint density at radius 3 is 2.44 bits per heavy atom. The van der Waals surface area contributed by atoms with Gasteiger partial charge in [0.25, 0.3) is 0 Å². The number of hydrogen-bond acceptors (Lipinski definition) is 2. The monoisotopic (exact) mass is 375 g/mol. The van der Waals surface area contributed by atoms with Crippen LogP contribution in [0.1, 0.15) is 30.4 Å². The molecule has 3 N–H and O–H groups in total. The van der Waals surface area contributed by atoms with Crippen LogP contribution in [0.15, 0.2) is 18.2 Å². The van der Waals surface area contributed by atoms with E-state index in [-0.39, 0.29) is 35.1 Å². The largest absolute Gasteiger partial charge is 0.416 e. The van der Waals surface area contributed by atoms with Crippen LogP contribution >= 0.6 is 11.6 Å². The van der Waals surface area contributed by atoms with E-state index in [9.17, 15) is 22.8 Å². The first-order valence-electron chi connectivity index (χ1n) is 7.80. The van der Waals surface area contributed by atoms with Crippen LogP contribution in [0.25, 0.3) is 0 Å². The normalized spacial score (nSPS) is 24.1. The summed E-state index contributed by atoms with van der Waals surface area (Å²) in [6.45, 7) is -0.326. The third-order valence-corrected chi connectivity index (χ3v) is 5.36. The van der Waals surface area contributed by atoms with Gasteiger partial charge in [-0.2, -0.15) is 13.2 Å². The number of carbonyl (C=O) groups excluding carboxylic acids is 2. The van der Waals surface area contributed by atoms with Gasteiger partial charge in [-0.15, -0.1) is 0 Å². The van der Waals surface area contributed by atoms with Crippen LogP contribution in [0.5, 0.6) is 0 Å². The van der Waals surface area contributed by atoms with Crippen LogP contribution < -0.4 is 11.1 Å². The van der Waals surface area contributed by atoms with Crippen molar-refractivity contribution in [2.75, 3.05) is 6.54 Å². The fourth-order valence-electron chi connectivity index (χ4n) is 3.58. The Morgan fingerprint density at radius 1 is 1.32 bits per heavy atom. The molecule has 25 heavy (non-hydrogen) atoms. The number of benzene rings is 1. The lowest BCUT2D eigenvalue weighted by Gasteiger charge is -2.66. The van der Waals surface area contributed by atoms with Gasteiger partial charge in [0, 0.05) is 17.1 Å². The van der Waals surface area contributed by atoms with Crippen LogP contribution in [0.2, 0.25) is 5.02 Å². The number of alkyl halides is 3. The number of nitrogens with one attached hydrogen (secondary N) is 1. The Labute approximate surface area is 147 Å². The smallest absolute Gasteiger partial charge is 0.352 e. The van der Waals surface area contributed by atoms with Crippen LogP contribution in [0.4, 0.5) is 18.0 Å². The SMILES string of the molecule is NC(=O)NCC(=O)N(Cc1cc(C(F)(F)F)ccc1Cl)C12CC(C1)C2. The molecule has 0 heterocycles. The zero-order chi connectivity index (χ0) is 18.4. The molecule has 2 bridgehead atoms. The van der Waals surface area contributed by atoms with Crippen LogP contribution in [-0.2, 0) is 17.5 Å². The number of hydrogen-bond donors (Lipinski definition) is 2. The molecule has 3 aliphatic carbocycles. The number of primary amides is 1. The van der Waals surface area contributed by atoms with Crippen molar-refractivity contribution in [1.82, 2.24) is 10.2 Å². The molecule has 9 heteroatoms. The van der Waals surface area contributed by atoms with Gasteiger partial charge in [-0.1, -0.05) is 11.6 Å². The summed E-state index contributed by atoms with van der Waals surface area (Å²) in [4.78, 5) is 24.9. The molecule has 136 valence electrons. The minimum absolute atomic E-state index is 0.0330. The van der Waals surface area contributed by atoms with E-state index in [2.05, 4.69) is 5.32 Å². The van der Waals surface area contributed by atoms with Crippen LogP contribution in [0, 0.1) is 5.92 Å². The molecular formula is C16H17ClF3N3O2. The maximum atomic E-state index is 12.9. The van der Waals surface area contributed by atoms with Crippen molar-refractivity contribution in [3.8, 4) is 0 Å². The lowest BCUT2D eigenvalue weighted by Crippen LogP contribution is -2.70. The van der Waals surface area contributed by atoms with Gasteiger partial charge in [-0.05, 0) is 48.9 Å². The van der Waals surface area contributed by atoms with E-state index in [1.54, 1.807) is 0 Å². The molecule has 0 aliphatic heterocycles. The van der Waals surface area contributed by atoms with Gasteiger partial charge in [-0.3, -0.25) is 4.79 Å². The summed E-state index contributed by atoms with van der Waals surface area (Å²) in [5.41, 5.74) is 4.07. The average molecular weight is 376 g/mol. The predicted molar refractivity (Wildman–Crippen MR) is 84.7 cm³/mol. The molecule has 3 amide bonds. The van der Waals surface area contributed by atoms with Gasteiger partial charge in [-0.25, -0.2) is 4.79 Å². The third kappa shape index (κ3) is 3.40.